The van der Waals surface area contributed by atoms with Crippen LogP contribution in [0.15, 0.2) is 36.4 Å². The summed E-state index contributed by atoms with van der Waals surface area (Å²) in [6, 6.07) is 8.30. The van der Waals surface area contributed by atoms with Crippen molar-refractivity contribution in [3.05, 3.63) is 69.8 Å². The van der Waals surface area contributed by atoms with Crippen LogP contribution < -0.4 is 0 Å². The van der Waals surface area contributed by atoms with Gasteiger partial charge in [0.15, 0.2) is 0 Å². The third kappa shape index (κ3) is 4.30. The largest absolute Gasteiger partial charge is 0.478 e. The number of aromatic carboxylic acids is 4. The zero-order valence-corrected chi connectivity index (χ0v) is 14.0. The lowest BCUT2D eigenvalue weighted by atomic mass is 9.93. The van der Waals surface area contributed by atoms with Gasteiger partial charge in [0.05, 0.1) is 22.3 Å². The summed E-state index contributed by atoms with van der Waals surface area (Å²) in [5.41, 5.74) is -0.619. The van der Waals surface area contributed by atoms with E-state index in [1.54, 1.807) is 0 Å². The third-order valence-corrected chi connectivity index (χ3v) is 4.08. The SMILES string of the molecule is O=C(O)c1cccc(CCCc2cccc(C(=O)O)c2C(=O)O)c1C(=O)O. The van der Waals surface area contributed by atoms with Crippen LogP contribution in [0, 0.1) is 0 Å². The van der Waals surface area contributed by atoms with Crippen molar-refractivity contribution in [1.29, 1.82) is 0 Å². The predicted molar refractivity (Wildman–Crippen MR) is 92.7 cm³/mol. The second kappa shape index (κ2) is 8.13. The Morgan fingerprint density at radius 2 is 0.963 bits per heavy atom. The van der Waals surface area contributed by atoms with Crippen LogP contribution in [0.2, 0.25) is 0 Å². The van der Waals surface area contributed by atoms with Crippen LogP contribution in [0.3, 0.4) is 0 Å². The van der Waals surface area contributed by atoms with Crippen LogP contribution in [0.1, 0.15) is 59.0 Å². The van der Waals surface area contributed by atoms with Crippen LogP contribution in [0.4, 0.5) is 0 Å². The zero-order chi connectivity index (χ0) is 20.1. The fourth-order valence-corrected chi connectivity index (χ4v) is 2.95. The van der Waals surface area contributed by atoms with E-state index >= 15 is 0 Å². The van der Waals surface area contributed by atoms with Gasteiger partial charge in [0.25, 0.3) is 0 Å². The molecule has 0 bridgehead atoms. The summed E-state index contributed by atoms with van der Waals surface area (Å²) >= 11 is 0. The number of benzene rings is 2. The molecule has 2 rings (SSSR count). The standard InChI is InChI=1S/C19H16O8/c20-16(21)12-8-2-6-10(14(12)18(24)25)4-1-5-11-7-3-9-13(17(22)23)15(11)19(26)27/h2-3,6-9H,1,4-5H2,(H,20,21)(H,22,23)(H,24,25)(H,26,27). The van der Waals surface area contributed by atoms with E-state index in [1.807, 2.05) is 0 Å². The number of hydrogen-bond acceptors (Lipinski definition) is 4. The Labute approximate surface area is 153 Å². The lowest BCUT2D eigenvalue weighted by molar-refractivity contribution is 0.0650. The van der Waals surface area contributed by atoms with E-state index in [-0.39, 0.29) is 35.1 Å². The fraction of sp³-hybridized carbons (Fsp3) is 0.158. The Bertz CT molecular complexity index is 854. The molecule has 0 heterocycles. The summed E-state index contributed by atoms with van der Waals surface area (Å²) < 4.78 is 0. The van der Waals surface area contributed by atoms with Crippen LogP contribution in [-0.4, -0.2) is 44.3 Å². The van der Waals surface area contributed by atoms with Gasteiger partial charge in [0.1, 0.15) is 0 Å². The van der Waals surface area contributed by atoms with Gasteiger partial charge in [-0.3, -0.25) is 0 Å². The molecule has 8 nitrogen and oxygen atoms in total. The molecule has 0 fully saturated rings. The van der Waals surface area contributed by atoms with E-state index < -0.39 is 23.9 Å². The average Bonchev–Trinajstić information content (AvgIpc) is 2.60. The molecule has 4 N–H and O–H groups in total. The minimum absolute atomic E-state index is 0.194. The van der Waals surface area contributed by atoms with Crippen molar-refractivity contribution in [3.63, 3.8) is 0 Å². The first kappa shape index (κ1) is 19.6. The van der Waals surface area contributed by atoms with E-state index in [0.29, 0.717) is 17.5 Å². The first-order chi connectivity index (χ1) is 12.7. The molecule has 0 radical (unpaired) electrons. The minimum atomic E-state index is -1.36. The summed E-state index contributed by atoms with van der Waals surface area (Å²) in [6.45, 7) is 0. The molecule has 0 aromatic heterocycles. The number of rotatable bonds is 8. The minimum Gasteiger partial charge on any atom is -0.478 e. The van der Waals surface area contributed by atoms with Crippen molar-refractivity contribution in [2.24, 2.45) is 0 Å². The quantitative estimate of drug-likeness (QED) is 0.552. The molecular weight excluding hydrogens is 356 g/mol. The molecule has 0 amide bonds. The second-order valence-corrected chi connectivity index (χ2v) is 5.75. The highest BCUT2D eigenvalue weighted by atomic mass is 16.4. The molecule has 0 saturated heterocycles. The maximum absolute atomic E-state index is 11.4. The van der Waals surface area contributed by atoms with Gasteiger partial charge in [-0.05, 0) is 42.5 Å². The smallest absolute Gasteiger partial charge is 0.336 e. The van der Waals surface area contributed by atoms with Gasteiger partial charge in [-0.1, -0.05) is 24.3 Å². The Balaban J connectivity index is 2.28. The Kier molecular flexibility index (Phi) is 5.92. The van der Waals surface area contributed by atoms with E-state index in [1.165, 1.54) is 36.4 Å². The topological polar surface area (TPSA) is 149 Å². The molecule has 0 aliphatic rings. The molecule has 0 unspecified atom stereocenters. The number of carboxylic acids is 4. The molecule has 0 saturated carbocycles. The number of carboxylic acid groups (broad SMARTS) is 4. The average molecular weight is 372 g/mol. The summed E-state index contributed by atoms with van der Waals surface area (Å²) in [5, 5.41) is 36.9. The van der Waals surface area contributed by atoms with Gasteiger partial charge in [0, 0.05) is 0 Å². The molecule has 2 aromatic rings. The Morgan fingerprint density at radius 3 is 1.26 bits per heavy atom. The summed E-state index contributed by atoms with van der Waals surface area (Å²) in [6.07, 6.45) is 0.699. The van der Waals surface area contributed by atoms with E-state index in [2.05, 4.69) is 0 Å². The van der Waals surface area contributed by atoms with Crippen LogP contribution in [0.25, 0.3) is 0 Å². The molecule has 8 heteroatoms. The van der Waals surface area contributed by atoms with Gasteiger partial charge < -0.3 is 20.4 Å². The summed E-state index contributed by atoms with van der Waals surface area (Å²) in [7, 11) is 0. The molecule has 0 aliphatic carbocycles. The van der Waals surface area contributed by atoms with Crippen LogP contribution in [0.5, 0.6) is 0 Å². The summed E-state index contributed by atoms with van der Waals surface area (Å²) in [5.74, 6) is -5.42. The number of carbonyl (C=O) groups is 4. The molecule has 27 heavy (non-hydrogen) atoms. The van der Waals surface area contributed by atoms with E-state index in [9.17, 15) is 29.4 Å². The first-order valence-electron chi connectivity index (χ1n) is 7.91. The van der Waals surface area contributed by atoms with Gasteiger partial charge in [0.2, 0.25) is 0 Å². The van der Waals surface area contributed by atoms with Gasteiger partial charge in [-0.25, -0.2) is 19.2 Å². The zero-order valence-electron chi connectivity index (χ0n) is 14.0. The van der Waals surface area contributed by atoms with Crippen molar-refractivity contribution < 1.29 is 39.6 Å². The maximum Gasteiger partial charge on any atom is 0.336 e. The number of aryl methyl sites for hydroxylation is 2. The summed E-state index contributed by atoms with van der Waals surface area (Å²) in [4.78, 5) is 45.3. The van der Waals surface area contributed by atoms with E-state index in [0.717, 1.165) is 0 Å². The molecule has 140 valence electrons. The van der Waals surface area contributed by atoms with Gasteiger partial charge >= 0.3 is 23.9 Å². The van der Waals surface area contributed by atoms with E-state index in [4.69, 9.17) is 10.2 Å². The highest BCUT2D eigenvalue weighted by Crippen LogP contribution is 2.21. The lowest BCUT2D eigenvalue weighted by Gasteiger charge is -2.11. The third-order valence-electron chi connectivity index (χ3n) is 4.08. The molecular formula is C19H16O8. The predicted octanol–water partition coefficient (Wildman–Crippen LogP) is 2.65. The molecule has 0 atom stereocenters. The Hall–Kier alpha value is -3.68. The first-order valence-corrected chi connectivity index (χ1v) is 7.91. The van der Waals surface area contributed by atoms with Crippen molar-refractivity contribution in [1.82, 2.24) is 0 Å². The van der Waals surface area contributed by atoms with Gasteiger partial charge in [-0.15, -0.1) is 0 Å². The Morgan fingerprint density at radius 1 is 0.593 bits per heavy atom. The molecule has 2 aromatic carbocycles. The van der Waals surface area contributed by atoms with Crippen LogP contribution >= 0.6 is 0 Å². The highest BCUT2D eigenvalue weighted by Gasteiger charge is 2.21. The normalized spacial score (nSPS) is 10.4. The van der Waals surface area contributed by atoms with Crippen molar-refractivity contribution >= 4 is 23.9 Å². The lowest BCUT2D eigenvalue weighted by Crippen LogP contribution is -2.13. The fourth-order valence-electron chi connectivity index (χ4n) is 2.95. The van der Waals surface area contributed by atoms with Crippen molar-refractivity contribution in [2.45, 2.75) is 19.3 Å². The number of hydrogen-bond donors (Lipinski definition) is 4. The molecule has 0 spiro atoms. The van der Waals surface area contributed by atoms with Gasteiger partial charge in [-0.2, -0.15) is 0 Å². The van der Waals surface area contributed by atoms with Crippen molar-refractivity contribution in [2.75, 3.05) is 0 Å². The highest BCUT2D eigenvalue weighted by molar-refractivity contribution is 6.03. The molecule has 0 aliphatic heterocycles. The maximum atomic E-state index is 11.4. The van der Waals surface area contributed by atoms with Crippen molar-refractivity contribution in [3.8, 4) is 0 Å². The second-order valence-electron chi connectivity index (χ2n) is 5.75. The van der Waals surface area contributed by atoms with Crippen LogP contribution in [-0.2, 0) is 12.8 Å². The monoisotopic (exact) mass is 372 g/mol.